The van der Waals surface area contributed by atoms with Crippen LogP contribution in [-0.2, 0) is 4.79 Å². The first-order valence-corrected chi connectivity index (χ1v) is 7.50. The Hall–Kier alpha value is -2.27. The van der Waals surface area contributed by atoms with Gasteiger partial charge in [0.25, 0.3) is 5.91 Å². The zero-order chi connectivity index (χ0) is 15.3. The summed E-state index contributed by atoms with van der Waals surface area (Å²) in [5.74, 6) is 0.941. The minimum atomic E-state index is -0.179. The average Bonchev–Trinajstić information content (AvgIpc) is 3.29. The highest BCUT2D eigenvalue weighted by molar-refractivity contribution is 6.50. The molecular weight excluding hydrogens is 302 g/mol. The molecule has 0 radical (unpaired) electrons. The first-order valence-electron chi connectivity index (χ1n) is 7.12. The first-order chi connectivity index (χ1) is 10.7. The minimum absolute atomic E-state index is 0.179. The molecule has 1 fully saturated rings. The maximum absolute atomic E-state index is 12.1. The summed E-state index contributed by atoms with van der Waals surface area (Å²) < 4.78 is 5.22. The summed E-state index contributed by atoms with van der Waals surface area (Å²) in [6, 6.07) is 5.62. The lowest BCUT2D eigenvalue weighted by Gasteiger charge is -2.20. The van der Waals surface area contributed by atoms with Gasteiger partial charge in [-0.15, -0.1) is 0 Å². The number of anilines is 1. The van der Waals surface area contributed by atoms with Gasteiger partial charge in [-0.1, -0.05) is 11.6 Å². The molecular formula is C16H14ClN3O2. The molecule has 0 spiro atoms. The number of amides is 1. The van der Waals surface area contributed by atoms with Gasteiger partial charge < -0.3 is 10.1 Å². The molecule has 4 rings (SSSR count). The smallest absolute Gasteiger partial charge is 0.275 e. The van der Waals surface area contributed by atoms with Crippen LogP contribution in [0.1, 0.15) is 18.4 Å². The molecule has 2 N–H and O–H groups in total. The number of ether oxygens (including phenoxy) is 1. The molecule has 0 saturated heterocycles. The van der Waals surface area contributed by atoms with Gasteiger partial charge in [0.2, 0.25) is 0 Å². The van der Waals surface area contributed by atoms with Gasteiger partial charge in [-0.25, -0.2) is 5.43 Å². The number of hydrogen-bond acceptors (Lipinski definition) is 4. The molecule has 3 aliphatic rings. The largest absolute Gasteiger partial charge is 0.497 e. The molecule has 112 valence electrons. The Morgan fingerprint density at radius 1 is 1.36 bits per heavy atom. The number of allylic oxidation sites excluding steroid dienone is 1. The third-order valence-corrected chi connectivity index (χ3v) is 4.33. The quantitative estimate of drug-likeness (QED) is 0.825. The highest BCUT2D eigenvalue weighted by Crippen LogP contribution is 2.40. The average molecular weight is 316 g/mol. The number of nitrogens with zero attached hydrogens (tertiary/aromatic N) is 1. The highest BCUT2D eigenvalue weighted by atomic mass is 35.5. The lowest BCUT2D eigenvalue weighted by Crippen LogP contribution is -2.20. The Bertz CT molecular complexity index is 776. The van der Waals surface area contributed by atoms with E-state index in [0.29, 0.717) is 22.2 Å². The number of carbonyl (C=O) groups is 1. The molecule has 0 aromatic heterocycles. The molecule has 0 atom stereocenters. The van der Waals surface area contributed by atoms with Gasteiger partial charge in [0.15, 0.2) is 0 Å². The molecule has 1 amide bonds. The van der Waals surface area contributed by atoms with E-state index in [9.17, 15) is 4.79 Å². The number of rotatable bonds is 2. The van der Waals surface area contributed by atoms with Gasteiger partial charge in [0.1, 0.15) is 5.75 Å². The molecule has 1 aromatic rings. The molecule has 5 nitrogen and oxygen atoms in total. The molecule has 22 heavy (non-hydrogen) atoms. The zero-order valence-electron chi connectivity index (χ0n) is 11.9. The van der Waals surface area contributed by atoms with Gasteiger partial charge in [0, 0.05) is 17.2 Å². The fourth-order valence-electron chi connectivity index (χ4n) is 2.73. The fourth-order valence-corrected chi connectivity index (χ4v) is 2.99. The predicted molar refractivity (Wildman–Crippen MR) is 85.8 cm³/mol. The van der Waals surface area contributed by atoms with E-state index >= 15 is 0 Å². The van der Waals surface area contributed by atoms with Crippen molar-refractivity contribution in [3.05, 3.63) is 41.1 Å². The van der Waals surface area contributed by atoms with Crippen molar-refractivity contribution in [3.63, 3.8) is 0 Å². The summed E-state index contributed by atoms with van der Waals surface area (Å²) in [6.45, 7) is 0. The van der Waals surface area contributed by atoms with E-state index in [1.807, 2.05) is 18.2 Å². The van der Waals surface area contributed by atoms with Crippen LogP contribution in [0.5, 0.6) is 5.75 Å². The van der Waals surface area contributed by atoms with Gasteiger partial charge in [-0.3, -0.25) is 4.79 Å². The summed E-state index contributed by atoms with van der Waals surface area (Å²) in [5.41, 5.74) is 6.40. The number of carbonyl (C=O) groups excluding carboxylic acids is 1. The molecule has 0 bridgehead atoms. The number of benzene rings is 1. The van der Waals surface area contributed by atoms with Crippen molar-refractivity contribution in [2.75, 3.05) is 12.4 Å². The van der Waals surface area contributed by atoms with E-state index < -0.39 is 0 Å². The molecule has 0 unspecified atom stereocenters. The fraction of sp³-hybridized carbons (Fsp3) is 0.250. The minimum Gasteiger partial charge on any atom is -0.497 e. The second-order valence-corrected chi connectivity index (χ2v) is 5.94. The summed E-state index contributed by atoms with van der Waals surface area (Å²) in [4.78, 5) is 12.1. The molecule has 1 aromatic carbocycles. The van der Waals surface area contributed by atoms with Crippen molar-refractivity contribution in [2.24, 2.45) is 11.0 Å². The molecule has 2 aliphatic heterocycles. The number of hydrazone groups is 1. The van der Waals surface area contributed by atoms with Crippen LogP contribution in [0.2, 0.25) is 0 Å². The third-order valence-electron chi connectivity index (χ3n) is 4.02. The molecule has 2 heterocycles. The van der Waals surface area contributed by atoms with Crippen molar-refractivity contribution < 1.29 is 9.53 Å². The lowest BCUT2D eigenvalue weighted by molar-refractivity contribution is -0.116. The summed E-state index contributed by atoms with van der Waals surface area (Å²) in [7, 11) is 1.62. The second-order valence-electron chi connectivity index (χ2n) is 5.53. The number of nitrogens with one attached hydrogen (secondary N) is 2. The van der Waals surface area contributed by atoms with Crippen LogP contribution in [0.4, 0.5) is 5.69 Å². The van der Waals surface area contributed by atoms with Gasteiger partial charge in [-0.05, 0) is 37.1 Å². The Balaban J connectivity index is 1.80. The van der Waals surface area contributed by atoms with E-state index in [-0.39, 0.29) is 5.91 Å². The second kappa shape index (κ2) is 4.88. The maximum Gasteiger partial charge on any atom is 0.275 e. The lowest BCUT2D eigenvalue weighted by atomic mass is 10.00. The number of fused-ring (bicyclic) bond motifs is 1. The SMILES string of the molecule is COc1ccc2c(c1)C(Cl)=C/C(=C1/C(=O)NN=C1C1CC1)N2. The third kappa shape index (κ3) is 2.09. The zero-order valence-corrected chi connectivity index (χ0v) is 12.7. The Kier molecular flexibility index (Phi) is 2.97. The van der Waals surface area contributed by atoms with E-state index in [1.54, 1.807) is 13.2 Å². The van der Waals surface area contributed by atoms with Gasteiger partial charge in [0.05, 0.1) is 29.1 Å². The summed E-state index contributed by atoms with van der Waals surface area (Å²) in [6.07, 6.45) is 3.94. The van der Waals surface area contributed by atoms with Crippen LogP contribution in [0, 0.1) is 5.92 Å². The Labute approximate surface area is 132 Å². The topological polar surface area (TPSA) is 62.7 Å². The van der Waals surface area contributed by atoms with Crippen molar-refractivity contribution in [2.45, 2.75) is 12.8 Å². The van der Waals surface area contributed by atoms with E-state index in [0.717, 1.165) is 35.6 Å². The van der Waals surface area contributed by atoms with Crippen LogP contribution >= 0.6 is 11.6 Å². The monoisotopic (exact) mass is 315 g/mol. The number of methoxy groups -OCH3 is 1. The Morgan fingerprint density at radius 3 is 2.91 bits per heavy atom. The van der Waals surface area contributed by atoms with E-state index in [1.165, 1.54) is 0 Å². The van der Waals surface area contributed by atoms with Crippen molar-refractivity contribution >= 4 is 33.9 Å². The van der Waals surface area contributed by atoms with Crippen LogP contribution in [0.3, 0.4) is 0 Å². The van der Waals surface area contributed by atoms with E-state index in [2.05, 4.69) is 15.8 Å². The predicted octanol–water partition coefficient (Wildman–Crippen LogP) is 2.85. The molecule has 1 saturated carbocycles. The number of halogens is 1. The van der Waals surface area contributed by atoms with Crippen LogP contribution in [0.15, 0.2) is 40.6 Å². The van der Waals surface area contributed by atoms with Crippen molar-refractivity contribution in [1.82, 2.24) is 5.43 Å². The van der Waals surface area contributed by atoms with Crippen LogP contribution in [0.25, 0.3) is 5.03 Å². The van der Waals surface area contributed by atoms with E-state index in [4.69, 9.17) is 16.3 Å². The number of hydrogen-bond donors (Lipinski definition) is 2. The van der Waals surface area contributed by atoms with Crippen molar-refractivity contribution in [3.8, 4) is 5.75 Å². The Morgan fingerprint density at radius 2 is 2.18 bits per heavy atom. The summed E-state index contributed by atoms with van der Waals surface area (Å²) >= 11 is 6.40. The maximum atomic E-state index is 12.1. The van der Waals surface area contributed by atoms with Crippen molar-refractivity contribution in [1.29, 1.82) is 0 Å². The van der Waals surface area contributed by atoms with Crippen LogP contribution in [-0.4, -0.2) is 18.7 Å². The first kappa shape index (κ1) is 13.4. The molecule has 6 heteroatoms. The molecule has 1 aliphatic carbocycles. The van der Waals surface area contributed by atoms with Crippen LogP contribution < -0.4 is 15.5 Å². The highest BCUT2D eigenvalue weighted by Gasteiger charge is 2.38. The van der Waals surface area contributed by atoms with Gasteiger partial charge in [-0.2, -0.15) is 5.10 Å². The summed E-state index contributed by atoms with van der Waals surface area (Å²) in [5, 5.41) is 8.03. The normalized spacial score (nSPS) is 23.3. The van der Waals surface area contributed by atoms with Gasteiger partial charge >= 0.3 is 0 Å². The standard InChI is InChI=1S/C16H14ClN3O2/c1-22-9-4-5-12-10(6-9)11(17)7-13(18-12)14-15(8-2-3-8)19-20-16(14)21/h4-8,18H,2-3H2,1H3,(H,20,21)/b14-13-.